The van der Waals surface area contributed by atoms with Gasteiger partial charge in [-0.1, -0.05) is 0 Å². The van der Waals surface area contributed by atoms with Crippen molar-refractivity contribution in [3.05, 3.63) is 23.5 Å². The molecular formula is C12H19N5OS. The monoisotopic (exact) mass is 281 g/mol. The van der Waals surface area contributed by atoms with Gasteiger partial charge in [0.15, 0.2) is 10.9 Å². The van der Waals surface area contributed by atoms with Crippen LogP contribution < -0.4 is 10.6 Å². The third-order valence-electron chi connectivity index (χ3n) is 2.62. The maximum Gasteiger partial charge on any atom is 0.193 e. The molecule has 0 aromatic carbocycles. The van der Waals surface area contributed by atoms with Gasteiger partial charge < -0.3 is 15.4 Å². The van der Waals surface area contributed by atoms with Crippen molar-refractivity contribution in [3.63, 3.8) is 0 Å². The summed E-state index contributed by atoms with van der Waals surface area (Å²) in [6, 6.07) is 0. The standard InChI is InChI=1S/C12H19N5OS/c1-13-11(14-4-3-6-18-2)15-8-10-9-17-5-7-19-12(17)16-10/h5,7,9H,3-4,6,8H2,1-2H3,(H2,13,14,15). The molecule has 0 unspecified atom stereocenters. The summed E-state index contributed by atoms with van der Waals surface area (Å²) in [6.45, 7) is 2.26. The van der Waals surface area contributed by atoms with E-state index in [1.807, 2.05) is 22.2 Å². The molecule has 0 aliphatic carbocycles. The van der Waals surface area contributed by atoms with Crippen LogP contribution in [0.5, 0.6) is 0 Å². The maximum absolute atomic E-state index is 5.00. The first-order valence-electron chi connectivity index (χ1n) is 6.18. The number of aromatic nitrogens is 2. The first kappa shape index (κ1) is 13.8. The highest BCUT2D eigenvalue weighted by Crippen LogP contribution is 2.10. The summed E-state index contributed by atoms with van der Waals surface area (Å²) in [7, 11) is 3.47. The molecule has 0 saturated carbocycles. The van der Waals surface area contributed by atoms with Crippen LogP contribution in [0.3, 0.4) is 0 Å². The first-order valence-corrected chi connectivity index (χ1v) is 7.06. The number of nitrogens with one attached hydrogen (secondary N) is 2. The van der Waals surface area contributed by atoms with Gasteiger partial charge in [-0.15, -0.1) is 11.3 Å². The summed E-state index contributed by atoms with van der Waals surface area (Å²) < 4.78 is 7.02. The van der Waals surface area contributed by atoms with Crippen molar-refractivity contribution in [1.82, 2.24) is 20.0 Å². The minimum Gasteiger partial charge on any atom is -0.385 e. The molecule has 0 aliphatic rings. The van der Waals surface area contributed by atoms with E-state index in [1.54, 1.807) is 25.5 Å². The van der Waals surface area contributed by atoms with E-state index >= 15 is 0 Å². The average molecular weight is 281 g/mol. The summed E-state index contributed by atoms with van der Waals surface area (Å²) in [5, 5.41) is 8.49. The lowest BCUT2D eigenvalue weighted by Crippen LogP contribution is -2.37. The van der Waals surface area contributed by atoms with E-state index in [2.05, 4.69) is 20.6 Å². The molecule has 7 heteroatoms. The minimum absolute atomic E-state index is 0.665. The number of rotatable bonds is 6. The van der Waals surface area contributed by atoms with E-state index in [0.717, 1.165) is 36.2 Å². The lowest BCUT2D eigenvalue weighted by molar-refractivity contribution is 0.195. The molecule has 2 heterocycles. The second-order valence-corrected chi connectivity index (χ2v) is 4.90. The molecule has 0 spiro atoms. The second-order valence-electron chi connectivity index (χ2n) is 4.02. The van der Waals surface area contributed by atoms with Crippen LogP contribution in [0.25, 0.3) is 4.96 Å². The smallest absolute Gasteiger partial charge is 0.193 e. The van der Waals surface area contributed by atoms with Gasteiger partial charge in [-0.25, -0.2) is 4.98 Å². The molecule has 0 aliphatic heterocycles. The van der Waals surface area contributed by atoms with Crippen molar-refractivity contribution >= 4 is 22.3 Å². The lowest BCUT2D eigenvalue weighted by atomic mass is 10.4. The fourth-order valence-electron chi connectivity index (χ4n) is 1.68. The highest BCUT2D eigenvalue weighted by molar-refractivity contribution is 7.15. The number of nitrogens with zero attached hydrogens (tertiary/aromatic N) is 3. The van der Waals surface area contributed by atoms with Crippen LogP contribution in [0.2, 0.25) is 0 Å². The van der Waals surface area contributed by atoms with E-state index in [-0.39, 0.29) is 0 Å². The first-order chi connectivity index (χ1) is 9.33. The zero-order valence-corrected chi connectivity index (χ0v) is 12.0. The van der Waals surface area contributed by atoms with Crippen molar-refractivity contribution in [3.8, 4) is 0 Å². The van der Waals surface area contributed by atoms with Crippen LogP contribution in [-0.4, -0.2) is 42.7 Å². The van der Waals surface area contributed by atoms with Gasteiger partial charge >= 0.3 is 0 Å². The van der Waals surface area contributed by atoms with E-state index in [0.29, 0.717) is 6.54 Å². The predicted molar refractivity (Wildman–Crippen MR) is 77.8 cm³/mol. The number of hydrogen-bond donors (Lipinski definition) is 2. The van der Waals surface area contributed by atoms with Crippen LogP contribution in [-0.2, 0) is 11.3 Å². The molecule has 0 amide bonds. The van der Waals surface area contributed by atoms with Crippen molar-refractivity contribution < 1.29 is 4.74 Å². The summed E-state index contributed by atoms with van der Waals surface area (Å²) >= 11 is 1.63. The largest absolute Gasteiger partial charge is 0.385 e. The third kappa shape index (κ3) is 3.93. The predicted octanol–water partition coefficient (Wildman–Crippen LogP) is 1.10. The number of aliphatic imine (C=N–C) groups is 1. The fraction of sp³-hybridized carbons (Fsp3) is 0.500. The second kappa shape index (κ2) is 7.10. The van der Waals surface area contributed by atoms with Gasteiger partial charge in [0.25, 0.3) is 0 Å². The Morgan fingerprint density at radius 3 is 3.16 bits per heavy atom. The molecule has 104 valence electrons. The van der Waals surface area contributed by atoms with E-state index < -0.39 is 0 Å². The Bertz CT molecular complexity index is 504. The van der Waals surface area contributed by atoms with Crippen molar-refractivity contribution in [1.29, 1.82) is 0 Å². The number of thiazole rings is 1. The Hall–Kier alpha value is -1.60. The molecule has 0 bridgehead atoms. The van der Waals surface area contributed by atoms with Gasteiger partial charge in [0.05, 0.1) is 12.2 Å². The molecule has 19 heavy (non-hydrogen) atoms. The zero-order chi connectivity index (χ0) is 13.5. The summed E-state index contributed by atoms with van der Waals surface area (Å²) in [5.74, 6) is 0.785. The van der Waals surface area contributed by atoms with Crippen molar-refractivity contribution in [2.45, 2.75) is 13.0 Å². The van der Waals surface area contributed by atoms with Crippen LogP contribution >= 0.6 is 11.3 Å². The summed E-state index contributed by atoms with van der Waals surface area (Å²) in [6.07, 6.45) is 4.99. The van der Waals surface area contributed by atoms with E-state index in [4.69, 9.17) is 4.74 Å². The highest BCUT2D eigenvalue weighted by atomic mass is 32.1. The molecule has 2 rings (SSSR count). The Kier molecular flexibility index (Phi) is 5.17. The number of imidazole rings is 1. The maximum atomic E-state index is 5.00. The molecule has 0 fully saturated rings. The quantitative estimate of drug-likeness (QED) is 0.473. The number of guanidine groups is 1. The Labute approximate surface area is 116 Å². The average Bonchev–Trinajstić information content (AvgIpc) is 2.98. The normalized spacial score (nSPS) is 12.0. The number of methoxy groups -OCH3 is 1. The summed E-state index contributed by atoms with van der Waals surface area (Å²) in [4.78, 5) is 9.68. The van der Waals surface area contributed by atoms with E-state index in [1.165, 1.54) is 0 Å². The minimum atomic E-state index is 0.665. The molecule has 2 N–H and O–H groups in total. The van der Waals surface area contributed by atoms with Gasteiger partial charge in [-0.05, 0) is 6.42 Å². The van der Waals surface area contributed by atoms with Gasteiger partial charge in [-0.3, -0.25) is 9.39 Å². The number of fused-ring (bicyclic) bond motifs is 1. The lowest BCUT2D eigenvalue weighted by Gasteiger charge is -2.10. The molecule has 0 atom stereocenters. The van der Waals surface area contributed by atoms with Crippen LogP contribution in [0.4, 0.5) is 0 Å². The van der Waals surface area contributed by atoms with Gasteiger partial charge in [-0.2, -0.15) is 0 Å². The number of ether oxygens (including phenoxy) is 1. The molecule has 0 saturated heterocycles. The fourth-order valence-corrected chi connectivity index (χ4v) is 2.40. The highest BCUT2D eigenvalue weighted by Gasteiger charge is 2.03. The Morgan fingerprint density at radius 2 is 2.42 bits per heavy atom. The van der Waals surface area contributed by atoms with Crippen LogP contribution in [0.15, 0.2) is 22.8 Å². The zero-order valence-electron chi connectivity index (χ0n) is 11.2. The van der Waals surface area contributed by atoms with Crippen LogP contribution in [0, 0.1) is 0 Å². The van der Waals surface area contributed by atoms with Crippen molar-refractivity contribution in [2.24, 2.45) is 4.99 Å². The molecule has 2 aromatic heterocycles. The topological polar surface area (TPSA) is 63.0 Å². The third-order valence-corrected chi connectivity index (χ3v) is 3.39. The Morgan fingerprint density at radius 1 is 1.53 bits per heavy atom. The summed E-state index contributed by atoms with van der Waals surface area (Å²) in [5.41, 5.74) is 1.01. The molecular weight excluding hydrogens is 262 g/mol. The van der Waals surface area contributed by atoms with Gasteiger partial charge in [0, 0.05) is 45.1 Å². The van der Waals surface area contributed by atoms with Crippen LogP contribution in [0.1, 0.15) is 12.1 Å². The van der Waals surface area contributed by atoms with Gasteiger partial charge in [0.2, 0.25) is 0 Å². The molecule has 6 nitrogen and oxygen atoms in total. The van der Waals surface area contributed by atoms with Crippen molar-refractivity contribution in [2.75, 3.05) is 27.3 Å². The van der Waals surface area contributed by atoms with Gasteiger partial charge in [0.1, 0.15) is 0 Å². The molecule has 0 radical (unpaired) electrons. The Balaban J connectivity index is 1.78. The molecule has 2 aromatic rings. The van der Waals surface area contributed by atoms with E-state index in [9.17, 15) is 0 Å². The number of hydrogen-bond acceptors (Lipinski definition) is 4. The SMILES string of the molecule is CN=C(NCCCOC)NCc1cn2ccsc2n1.